The van der Waals surface area contributed by atoms with E-state index < -0.39 is 23.7 Å². The van der Waals surface area contributed by atoms with E-state index >= 15 is 0 Å². The third kappa shape index (κ3) is 3.14. The second-order valence-electron chi connectivity index (χ2n) is 6.93. The summed E-state index contributed by atoms with van der Waals surface area (Å²) in [5, 5.41) is 18.7. The number of nitrogens with one attached hydrogen (secondary N) is 1. The Balaban J connectivity index is 1.88. The van der Waals surface area contributed by atoms with Gasteiger partial charge in [-0.2, -0.15) is 4.98 Å². The van der Waals surface area contributed by atoms with Gasteiger partial charge in [-0.05, 0) is 19.4 Å². The molecule has 2 aromatic carbocycles. The molecule has 0 radical (unpaired) electrons. The summed E-state index contributed by atoms with van der Waals surface area (Å²) in [6, 6.07) is 18.5. The van der Waals surface area contributed by atoms with E-state index in [9.17, 15) is 9.90 Å². The van der Waals surface area contributed by atoms with Crippen molar-refractivity contribution in [3.63, 3.8) is 0 Å². The van der Waals surface area contributed by atoms with Crippen LogP contribution in [-0.4, -0.2) is 38.2 Å². The number of hydrogen-bond donors (Lipinski definition) is 2. The van der Waals surface area contributed by atoms with Crippen LogP contribution >= 0.6 is 0 Å². The van der Waals surface area contributed by atoms with Crippen molar-refractivity contribution in [2.24, 2.45) is 5.92 Å². The molecule has 0 aliphatic carbocycles. The van der Waals surface area contributed by atoms with Gasteiger partial charge < -0.3 is 15.2 Å². The molecule has 7 nitrogen and oxygen atoms in total. The van der Waals surface area contributed by atoms with Gasteiger partial charge in [-0.3, -0.25) is 4.79 Å². The van der Waals surface area contributed by atoms with Crippen molar-refractivity contribution in [3.8, 4) is 11.4 Å². The standard InChI is InChI=1S/C21H22N4O3/c1-3-28-19(26)16-17(14-10-6-4-7-11-14)25-20(23-21(16,2)27)22-18(24-25)15-12-8-5-9-13-15/h4-13,16-17,27H,3H2,1-2H3,(H,22,23,24)/t16-,17+,21+/m1/s1. The summed E-state index contributed by atoms with van der Waals surface area (Å²) in [4.78, 5) is 17.4. The van der Waals surface area contributed by atoms with Crippen LogP contribution < -0.4 is 5.32 Å². The zero-order valence-electron chi connectivity index (χ0n) is 15.7. The molecule has 1 aliphatic rings. The lowest BCUT2D eigenvalue weighted by molar-refractivity contribution is -0.159. The summed E-state index contributed by atoms with van der Waals surface area (Å²) >= 11 is 0. The number of carbonyl (C=O) groups excluding carboxylic acids is 1. The molecule has 3 atom stereocenters. The van der Waals surface area contributed by atoms with Crippen LogP contribution in [0.1, 0.15) is 25.5 Å². The van der Waals surface area contributed by atoms with Crippen LogP contribution in [0.2, 0.25) is 0 Å². The van der Waals surface area contributed by atoms with E-state index in [2.05, 4.69) is 15.4 Å². The molecule has 0 bridgehead atoms. The molecule has 0 saturated carbocycles. The molecule has 0 unspecified atom stereocenters. The first kappa shape index (κ1) is 18.2. The molecule has 3 aromatic rings. The second kappa shape index (κ2) is 7.09. The van der Waals surface area contributed by atoms with Gasteiger partial charge in [-0.1, -0.05) is 60.7 Å². The average Bonchev–Trinajstić information content (AvgIpc) is 3.10. The van der Waals surface area contributed by atoms with Gasteiger partial charge in [-0.25, -0.2) is 4.68 Å². The Morgan fingerprint density at radius 3 is 2.46 bits per heavy atom. The molecule has 2 N–H and O–H groups in total. The number of nitrogens with zero attached hydrogens (tertiary/aromatic N) is 3. The SMILES string of the molecule is CCOC(=O)[C@H]1[C@H](c2ccccc2)n2nc(-c3ccccc3)nc2N[C@@]1(C)O. The maximum Gasteiger partial charge on any atom is 0.316 e. The lowest BCUT2D eigenvalue weighted by atomic mass is 9.83. The first-order valence-corrected chi connectivity index (χ1v) is 9.25. The Morgan fingerprint density at radius 1 is 1.18 bits per heavy atom. The number of esters is 1. The fraction of sp³-hybridized carbons (Fsp3) is 0.286. The topological polar surface area (TPSA) is 89.3 Å². The molecule has 144 valence electrons. The Bertz CT molecular complexity index is 970. The first-order valence-electron chi connectivity index (χ1n) is 9.25. The normalized spacial score (nSPS) is 23.5. The molecule has 2 heterocycles. The Hall–Kier alpha value is -3.19. The van der Waals surface area contributed by atoms with Gasteiger partial charge in [0.25, 0.3) is 0 Å². The highest BCUT2D eigenvalue weighted by atomic mass is 16.5. The van der Waals surface area contributed by atoms with Crippen LogP contribution in [0.25, 0.3) is 11.4 Å². The zero-order chi connectivity index (χ0) is 19.7. The average molecular weight is 378 g/mol. The van der Waals surface area contributed by atoms with Crippen molar-refractivity contribution < 1.29 is 14.6 Å². The van der Waals surface area contributed by atoms with Gasteiger partial charge in [-0.15, -0.1) is 5.10 Å². The minimum atomic E-state index is -1.55. The predicted octanol–water partition coefficient (Wildman–Crippen LogP) is 2.85. The van der Waals surface area contributed by atoms with E-state index in [4.69, 9.17) is 4.74 Å². The van der Waals surface area contributed by atoms with Crippen LogP contribution in [0.5, 0.6) is 0 Å². The van der Waals surface area contributed by atoms with Crippen LogP contribution in [0.4, 0.5) is 5.95 Å². The zero-order valence-corrected chi connectivity index (χ0v) is 15.7. The molecule has 1 aromatic heterocycles. The van der Waals surface area contributed by atoms with Crippen molar-refractivity contribution in [3.05, 3.63) is 66.2 Å². The fourth-order valence-corrected chi connectivity index (χ4v) is 3.64. The molecule has 0 fully saturated rings. The maximum absolute atomic E-state index is 12.8. The van der Waals surface area contributed by atoms with E-state index in [1.807, 2.05) is 60.7 Å². The summed E-state index contributed by atoms with van der Waals surface area (Å²) in [6.07, 6.45) is 0. The molecule has 0 spiro atoms. The molecule has 0 saturated heterocycles. The number of benzene rings is 2. The molecule has 0 amide bonds. The van der Waals surface area contributed by atoms with Crippen molar-refractivity contribution >= 4 is 11.9 Å². The number of aliphatic hydroxyl groups is 1. The highest BCUT2D eigenvalue weighted by Gasteiger charge is 2.51. The number of hydrogen-bond acceptors (Lipinski definition) is 6. The predicted molar refractivity (Wildman–Crippen MR) is 104 cm³/mol. The number of aromatic nitrogens is 3. The van der Waals surface area contributed by atoms with Gasteiger partial charge >= 0.3 is 5.97 Å². The lowest BCUT2D eigenvalue weighted by Gasteiger charge is -2.41. The molecular formula is C21H22N4O3. The van der Waals surface area contributed by atoms with Crippen LogP contribution in [-0.2, 0) is 9.53 Å². The molecular weight excluding hydrogens is 356 g/mol. The van der Waals surface area contributed by atoms with Gasteiger partial charge in [0.05, 0.1) is 12.6 Å². The van der Waals surface area contributed by atoms with Crippen molar-refractivity contribution in [2.75, 3.05) is 11.9 Å². The summed E-state index contributed by atoms with van der Waals surface area (Å²) < 4.78 is 6.94. The summed E-state index contributed by atoms with van der Waals surface area (Å²) in [5.41, 5.74) is 0.141. The van der Waals surface area contributed by atoms with E-state index in [-0.39, 0.29) is 6.61 Å². The van der Waals surface area contributed by atoms with E-state index in [1.165, 1.54) is 0 Å². The summed E-state index contributed by atoms with van der Waals surface area (Å²) in [5.74, 6) is -0.466. The molecule has 28 heavy (non-hydrogen) atoms. The van der Waals surface area contributed by atoms with Crippen molar-refractivity contribution in [1.82, 2.24) is 14.8 Å². The Kier molecular flexibility index (Phi) is 4.60. The summed E-state index contributed by atoms with van der Waals surface area (Å²) in [7, 11) is 0. The third-order valence-electron chi connectivity index (χ3n) is 4.89. The maximum atomic E-state index is 12.8. The van der Waals surface area contributed by atoms with E-state index in [1.54, 1.807) is 18.5 Å². The Morgan fingerprint density at radius 2 is 1.82 bits per heavy atom. The van der Waals surface area contributed by atoms with Gasteiger partial charge in [0.1, 0.15) is 5.92 Å². The van der Waals surface area contributed by atoms with Gasteiger partial charge in [0.2, 0.25) is 5.95 Å². The number of fused-ring (bicyclic) bond motifs is 1. The van der Waals surface area contributed by atoms with Crippen molar-refractivity contribution in [1.29, 1.82) is 0 Å². The lowest BCUT2D eigenvalue weighted by Crippen LogP contribution is -2.55. The minimum Gasteiger partial charge on any atom is -0.466 e. The molecule has 1 aliphatic heterocycles. The highest BCUT2D eigenvalue weighted by Crippen LogP contribution is 2.41. The molecule has 7 heteroatoms. The minimum absolute atomic E-state index is 0.229. The fourth-order valence-electron chi connectivity index (χ4n) is 3.64. The van der Waals surface area contributed by atoms with Gasteiger partial charge in [0, 0.05) is 5.56 Å². The van der Waals surface area contributed by atoms with Crippen LogP contribution in [0.15, 0.2) is 60.7 Å². The van der Waals surface area contributed by atoms with Crippen LogP contribution in [0.3, 0.4) is 0 Å². The molecule has 4 rings (SSSR count). The number of anilines is 1. The number of carbonyl (C=O) groups is 1. The number of ether oxygens (including phenoxy) is 1. The van der Waals surface area contributed by atoms with E-state index in [0.717, 1.165) is 11.1 Å². The highest BCUT2D eigenvalue weighted by molar-refractivity contribution is 5.76. The smallest absolute Gasteiger partial charge is 0.316 e. The monoisotopic (exact) mass is 378 g/mol. The largest absolute Gasteiger partial charge is 0.466 e. The van der Waals surface area contributed by atoms with Crippen LogP contribution in [0, 0.1) is 5.92 Å². The third-order valence-corrected chi connectivity index (χ3v) is 4.89. The quantitative estimate of drug-likeness (QED) is 0.679. The summed E-state index contributed by atoms with van der Waals surface area (Å²) in [6.45, 7) is 3.53. The second-order valence-corrected chi connectivity index (χ2v) is 6.93. The number of rotatable bonds is 4. The Labute approximate surface area is 163 Å². The van der Waals surface area contributed by atoms with E-state index in [0.29, 0.717) is 11.8 Å². The van der Waals surface area contributed by atoms with Crippen molar-refractivity contribution in [2.45, 2.75) is 25.6 Å². The first-order chi connectivity index (χ1) is 13.5. The van der Waals surface area contributed by atoms with Gasteiger partial charge in [0.15, 0.2) is 11.5 Å².